The Hall–Kier alpha value is -1.65. The molecule has 0 aliphatic rings. The molecular weight excluding hydrogens is 323 g/mol. The average Bonchev–Trinajstić information content (AvgIpc) is 2.48. The SMILES string of the molecule is CC(C)(/C=C(/F)S(=O)(=O)c1ccccc1)c1ccc(Cl)cc1. The standard InChI is InChI=1S/C17H16ClFO2S/c1-17(2,13-8-10-14(18)11-9-13)12-16(19)22(20,21)15-6-4-3-5-7-15/h3-12H,1-2H3/b16-12-. The van der Waals surface area contributed by atoms with Crippen LogP contribution in [0.3, 0.4) is 0 Å². The maximum atomic E-state index is 14.4. The minimum absolute atomic E-state index is 0.0596. The molecule has 0 heterocycles. The van der Waals surface area contributed by atoms with Crippen molar-refractivity contribution in [3.8, 4) is 0 Å². The molecule has 0 aliphatic carbocycles. The quantitative estimate of drug-likeness (QED) is 0.794. The van der Waals surface area contributed by atoms with Crippen LogP contribution in [-0.4, -0.2) is 8.42 Å². The molecule has 116 valence electrons. The zero-order valence-corrected chi connectivity index (χ0v) is 13.8. The number of hydrogen-bond acceptors (Lipinski definition) is 2. The fraction of sp³-hybridized carbons (Fsp3) is 0.176. The van der Waals surface area contributed by atoms with E-state index in [0.717, 1.165) is 11.6 Å². The predicted molar refractivity (Wildman–Crippen MR) is 87.3 cm³/mol. The van der Waals surface area contributed by atoms with E-state index in [4.69, 9.17) is 11.6 Å². The molecule has 0 atom stereocenters. The molecule has 5 heteroatoms. The first-order valence-corrected chi connectivity index (χ1v) is 8.54. The zero-order valence-electron chi connectivity index (χ0n) is 12.3. The first kappa shape index (κ1) is 16.7. The number of allylic oxidation sites excluding steroid dienone is 1. The summed E-state index contributed by atoms with van der Waals surface area (Å²) in [4.78, 5) is -0.0596. The molecule has 0 bridgehead atoms. The molecule has 0 aromatic heterocycles. The van der Waals surface area contributed by atoms with E-state index in [9.17, 15) is 12.8 Å². The zero-order chi connectivity index (χ0) is 16.4. The topological polar surface area (TPSA) is 34.1 Å². The number of rotatable bonds is 4. The smallest absolute Gasteiger partial charge is 0.216 e. The van der Waals surface area contributed by atoms with Gasteiger partial charge < -0.3 is 0 Å². The average molecular weight is 339 g/mol. The molecule has 2 rings (SSSR count). The van der Waals surface area contributed by atoms with Crippen molar-refractivity contribution in [3.05, 3.63) is 76.4 Å². The van der Waals surface area contributed by atoms with Crippen molar-refractivity contribution in [3.63, 3.8) is 0 Å². The van der Waals surface area contributed by atoms with Gasteiger partial charge in [-0.05, 0) is 35.9 Å². The molecule has 0 unspecified atom stereocenters. The number of hydrogen-bond donors (Lipinski definition) is 0. The summed E-state index contributed by atoms with van der Waals surface area (Å²) >= 11 is 5.83. The van der Waals surface area contributed by atoms with Crippen LogP contribution in [0.25, 0.3) is 0 Å². The van der Waals surface area contributed by atoms with Gasteiger partial charge in [-0.25, -0.2) is 8.42 Å². The second kappa shape index (κ2) is 6.23. The third kappa shape index (κ3) is 3.57. The van der Waals surface area contributed by atoms with Gasteiger partial charge in [-0.15, -0.1) is 0 Å². The highest BCUT2D eigenvalue weighted by Crippen LogP contribution is 2.30. The van der Waals surface area contributed by atoms with Crippen molar-refractivity contribution in [1.29, 1.82) is 0 Å². The molecule has 2 aromatic rings. The van der Waals surface area contributed by atoms with Crippen LogP contribution in [0.2, 0.25) is 5.02 Å². The molecule has 0 fully saturated rings. The van der Waals surface area contributed by atoms with Gasteiger partial charge in [-0.2, -0.15) is 4.39 Å². The molecule has 0 N–H and O–H groups in total. The highest BCUT2D eigenvalue weighted by atomic mass is 35.5. The summed E-state index contributed by atoms with van der Waals surface area (Å²) in [5.41, 5.74) is -0.00779. The predicted octanol–water partition coefficient (Wildman–Crippen LogP) is 4.90. The van der Waals surface area contributed by atoms with E-state index in [-0.39, 0.29) is 4.90 Å². The largest absolute Gasteiger partial charge is 0.233 e. The molecule has 0 saturated carbocycles. The molecule has 0 spiro atoms. The Labute approximate surface area is 135 Å². The molecule has 0 aliphatic heterocycles. The fourth-order valence-corrected chi connectivity index (χ4v) is 3.35. The van der Waals surface area contributed by atoms with E-state index in [1.807, 2.05) is 0 Å². The second-order valence-corrected chi connectivity index (χ2v) is 7.80. The Bertz CT molecular complexity index is 779. The maximum absolute atomic E-state index is 14.4. The van der Waals surface area contributed by atoms with Gasteiger partial charge in [0, 0.05) is 10.4 Å². The summed E-state index contributed by atoms with van der Waals surface area (Å²) in [5.74, 6) is 0. The van der Waals surface area contributed by atoms with Gasteiger partial charge in [0.15, 0.2) is 0 Å². The number of sulfone groups is 1. The summed E-state index contributed by atoms with van der Waals surface area (Å²) in [7, 11) is -4.12. The summed E-state index contributed by atoms with van der Waals surface area (Å²) in [5, 5.41) is -0.584. The summed E-state index contributed by atoms with van der Waals surface area (Å²) in [6, 6.07) is 14.4. The van der Waals surface area contributed by atoms with Crippen LogP contribution in [0.4, 0.5) is 4.39 Å². The molecule has 2 nitrogen and oxygen atoms in total. The Morgan fingerprint density at radius 2 is 1.59 bits per heavy atom. The summed E-state index contributed by atoms with van der Waals surface area (Å²) in [6.45, 7) is 3.49. The molecule has 0 saturated heterocycles. The van der Waals surface area contributed by atoms with Crippen LogP contribution in [0.15, 0.2) is 70.7 Å². The van der Waals surface area contributed by atoms with E-state index < -0.39 is 20.4 Å². The van der Waals surface area contributed by atoms with E-state index in [1.165, 1.54) is 12.1 Å². The van der Waals surface area contributed by atoms with Crippen LogP contribution in [-0.2, 0) is 15.3 Å². The van der Waals surface area contributed by atoms with Crippen LogP contribution in [0.1, 0.15) is 19.4 Å². The Kier molecular flexibility index (Phi) is 4.73. The molecule has 0 amide bonds. The van der Waals surface area contributed by atoms with Gasteiger partial charge in [0.05, 0.1) is 4.90 Å². The lowest BCUT2D eigenvalue weighted by Crippen LogP contribution is -2.16. The van der Waals surface area contributed by atoms with Crippen LogP contribution in [0.5, 0.6) is 0 Å². The van der Waals surface area contributed by atoms with Crippen molar-refractivity contribution >= 4 is 21.4 Å². The molecule has 22 heavy (non-hydrogen) atoms. The van der Waals surface area contributed by atoms with Gasteiger partial charge in [-0.1, -0.05) is 55.8 Å². The van der Waals surface area contributed by atoms with Gasteiger partial charge in [0.2, 0.25) is 15.0 Å². The van der Waals surface area contributed by atoms with Crippen LogP contribution < -0.4 is 0 Å². The maximum Gasteiger partial charge on any atom is 0.233 e. The first-order valence-electron chi connectivity index (χ1n) is 6.68. The molecular formula is C17H16ClFO2S. The van der Waals surface area contributed by atoms with Crippen molar-refractivity contribution in [2.24, 2.45) is 0 Å². The fourth-order valence-electron chi connectivity index (χ4n) is 2.04. The monoisotopic (exact) mass is 338 g/mol. The lowest BCUT2D eigenvalue weighted by Gasteiger charge is -2.21. The lowest BCUT2D eigenvalue weighted by atomic mass is 9.85. The van der Waals surface area contributed by atoms with Gasteiger partial charge in [-0.3, -0.25) is 0 Å². The van der Waals surface area contributed by atoms with Gasteiger partial charge in [0.1, 0.15) is 0 Å². The van der Waals surface area contributed by atoms with Crippen LogP contribution >= 0.6 is 11.6 Å². The summed E-state index contributed by atoms with van der Waals surface area (Å²) < 4.78 is 38.8. The number of halogens is 2. The Morgan fingerprint density at radius 1 is 1.05 bits per heavy atom. The first-order chi connectivity index (χ1) is 10.2. The van der Waals surface area contributed by atoms with E-state index in [0.29, 0.717) is 5.02 Å². The third-order valence-electron chi connectivity index (χ3n) is 3.37. The highest BCUT2D eigenvalue weighted by Gasteiger charge is 2.26. The molecule has 2 aromatic carbocycles. The lowest BCUT2D eigenvalue weighted by molar-refractivity contribution is 0.565. The van der Waals surface area contributed by atoms with Crippen molar-refractivity contribution < 1.29 is 12.8 Å². The third-order valence-corrected chi connectivity index (χ3v) is 5.15. The second-order valence-electron chi connectivity index (χ2n) is 5.49. The van der Waals surface area contributed by atoms with Crippen molar-refractivity contribution in [2.75, 3.05) is 0 Å². The van der Waals surface area contributed by atoms with Crippen molar-refractivity contribution in [1.82, 2.24) is 0 Å². The Balaban J connectivity index is 2.41. The van der Waals surface area contributed by atoms with E-state index >= 15 is 0 Å². The minimum Gasteiger partial charge on any atom is -0.216 e. The summed E-state index contributed by atoms with van der Waals surface area (Å²) in [6.07, 6.45) is 1.12. The normalized spacial score (nSPS) is 13.2. The number of benzene rings is 2. The minimum atomic E-state index is -4.12. The highest BCUT2D eigenvalue weighted by molar-refractivity contribution is 7.95. The van der Waals surface area contributed by atoms with E-state index in [1.54, 1.807) is 56.3 Å². The van der Waals surface area contributed by atoms with Gasteiger partial charge >= 0.3 is 0 Å². The Morgan fingerprint density at radius 3 is 2.14 bits per heavy atom. The van der Waals surface area contributed by atoms with Crippen molar-refractivity contribution in [2.45, 2.75) is 24.2 Å². The van der Waals surface area contributed by atoms with E-state index in [2.05, 4.69) is 0 Å². The van der Waals surface area contributed by atoms with Crippen LogP contribution in [0, 0.1) is 0 Å². The molecule has 0 radical (unpaired) electrons. The van der Waals surface area contributed by atoms with Gasteiger partial charge in [0.25, 0.3) is 0 Å².